The van der Waals surface area contributed by atoms with E-state index in [0.717, 1.165) is 13.0 Å². The van der Waals surface area contributed by atoms with Crippen LogP contribution in [0.4, 0.5) is 10.1 Å². The normalized spacial score (nSPS) is 16.0. The van der Waals surface area contributed by atoms with Crippen molar-refractivity contribution in [2.45, 2.75) is 90.6 Å². The van der Waals surface area contributed by atoms with Crippen molar-refractivity contribution < 1.29 is 19.0 Å². The number of carboxylic acids is 1. The summed E-state index contributed by atoms with van der Waals surface area (Å²) in [5.41, 5.74) is -0.0286. The molecule has 0 radical (unpaired) electrons. The Morgan fingerprint density at radius 2 is 1.76 bits per heavy atom. The standard InChI is InChI=1S/C29H44FN3O4/c1-3-5-6-7-8-9-10-11-12-13-16-37-21-22-19-33(15-14-31-22)27-18-26-23(17-25(27)30)28(34)24(29(35)36)20-32(26)4-2/h17-18,20,22,31H,3-16,19,21H2,1-2H3,(H,35,36). The molecule has 2 heterocycles. The molecule has 0 saturated carbocycles. The van der Waals surface area contributed by atoms with Crippen molar-refractivity contribution >= 4 is 22.6 Å². The molecular weight excluding hydrogens is 473 g/mol. The number of carboxylic acid groups (broad SMARTS) is 1. The van der Waals surface area contributed by atoms with Crippen LogP contribution in [0.5, 0.6) is 0 Å². The van der Waals surface area contributed by atoms with E-state index in [-0.39, 0.29) is 17.0 Å². The van der Waals surface area contributed by atoms with Crippen LogP contribution < -0.4 is 15.6 Å². The number of nitrogens with zero attached hydrogens (tertiary/aromatic N) is 2. The Bertz CT molecular complexity index is 1070. The quantitative estimate of drug-likeness (QED) is 0.283. The fourth-order valence-electron chi connectivity index (χ4n) is 5.13. The number of piperazine rings is 1. The summed E-state index contributed by atoms with van der Waals surface area (Å²) in [5.74, 6) is -1.82. The lowest BCUT2D eigenvalue weighted by molar-refractivity contribution is 0.0695. The van der Waals surface area contributed by atoms with Crippen molar-refractivity contribution in [3.05, 3.63) is 39.9 Å². The molecule has 37 heavy (non-hydrogen) atoms. The Kier molecular flexibility index (Phi) is 11.9. The molecule has 3 rings (SSSR count). The second-order valence-corrected chi connectivity index (χ2v) is 10.1. The average molecular weight is 518 g/mol. The summed E-state index contributed by atoms with van der Waals surface area (Å²) in [6.45, 7) is 7.86. The first-order valence-corrected chi connectivity index (χ1v) is 14.1. The third-order valence-corrected chi connectivity index (χ3v) is 7.28. The van der Waals surface area contributed by atoms with Crippen molar-refractivity contribution in [3.8, 4) is 0 Å². The molecule has 2 N–H and O–H groups in total. The second-order valence-electron chi connectivity index (χ2n) is 10.1. The summed E-state index contributed by atoms with van der Waals surface area (Å²) < 4.78 is 22.8. The number of hydrogen-bond donors (Lipinski definition) is 2. The zero-order valence-corrected chi connectivity index (χ0v) is 22.6. The van der Waals surface area contributed by atoms with Gasteiger partial charge in [-0.2, -0.15) is 0 Å². The molecule has 1 atom stereocenters. The Labute approximate surface area is 220 Å². The largest absolute Gasteiger partial charge is 0.477 e. The second kappa shape index (κ2) is 15.1. The molecule has 0 amide bonds. The summed E-state index contributed by atoms with van der Waals surface area (Å²) in [5, 5.41) is 12.9. The SMILES string of the molecule is CCCCCCCCCCCCOCC1CN(c2cc3c(cc2F)c(=O)c(C(=O)O)cn3CC)CCN1. The number of halogens is 1. The highest BCUT2D eigenvalue weighted by atomic mass is 19.1. The predicted octanol–water partition coefficient (Wildman–Crippen LogP) is 5.57. The lowest BCUT2D eigenvalue weighted by atomic mass is 10.1. The first-order valence-electron chi connectivity index (χ1n) is 14.1. The third-order valence-electron chi connectivity index (χ3n) is 7.28. The minimum Gasteiger partial charge on any atom is -0.477 e. The Morgan fingerprint density at radius 3 is 2.41 bits per heavy atom. The summed E-state index contributed by atoms with van der Waals surface area (Å²) in [6, 6.07) is 2.95. The summed E-state index contributed by atoms with van der Waals surface area (Å²) >= 11 is 0. The van der Waals surface area contributed by atoms with Gasteiger partial charge in [0, 0.05) is 50.4 Å². The van der Waals surface area contributed by atoms with E-state index in [1.165, 1.54) is 70.1 Å². The number of nitrogens with one attached hydrogen (secondary N) is 1. The molecule has 1 aliphatic rings. The molecule has 1 aromatic carbocycles. The number of carbonyl (C=O) groups is 1. The fourth-order valence-corrected chi connectivity index (χ4v) is 5.13. The number of aromatic carboxylic acids is 1. The van der Waals surface area contributed by atoms with Crippen LogP contribution in [0.25, 0.3) is 10.9 Å². The van der Waals surface area contributed by atoms with Gasteiger partial charge in [0.25, 0.3) is 0 Å². The van der Waals surface area contributed by atoms with Crippen molar-refractivity contribution in [2.75, 3.05) is 37.7 Å². The topological polar surface area (TPSA) is 83.8 Å². The van der Waals surface area contributed by atoms with Gasteiger partial charge in [-0.25, -0.2) is 9.18 Å². The van der Waals surface area contributed by atoms with Gasteiger partial charge in [0.15, 0.2) is 0 Å². The molecule has 1 aliphatic heterocycles. The van der Waals surface area contributed by atoms with Crippen LogP contribution in [0.2, 0.25) is 0 Å². The Morgan fingerprint density at radius 1 is 1.08 bits per heavy atom. The van der Waals surface area contributed by atoms with E-state index in [0.29, 0.717) is 44.0 Å². The van der Waals surface area contributed by atoms with Crippen LogP contribution in [0, 0.1) is 5.82 Å². The molecule has 1 unspecified atom stereocenters. The molecule has 206 valence electrons. The first-order chi connectivity index (χ1) is 18.0. The van der Waals surface area contributed by atoms with Gasteiger partial charge in [-0.1, -0.05) is 64.7 Å². The minimum absolute atomic E-state index is 0.0921. The number of pyridine rings is 1. The monoisotopic (exact) mass is 517 g/mol. The summed E-state index contributed by atoms with van der Waals surface area (Å²) in [4.78, 5) is 26.1. The van der Waals surface area contributed by atoms with Crippen LogP contribution in [0.15, 0.2) is 23.1 Å². The maximum atomic E-state index is 15.1. The fraction of sp³-hybridized carbons (Fsp3) is 0.655. The van der Waals surface area contributed by atoms with Gasteiger partial charge >= 0.3 is 5.97 Å². The highest BCUT2D eigenvalue weighted by Crippen LogP contribution is 2.26. The van der Waals surface area contributed by atoms with Crippen LogP contribution in [0.3, 0.4) is 0 Å². The molecule has 0 bridgehead atoms. The lowest BCUT2D eigenvalue weighted by Gasteiger charge is -2.35. The van der Waals surface area contributed by atoms with E-state index in [2.05, 4.69) is 12.2 Å². The van der Waals surface area contributed by atoms with Crippen LogP contribution in [-0.2, 0) is 11.3 Å². The maximum Gasteiger partial charge on any atom is 0.341 e. The highest BCUT2D eigenvalue weighted by Gasteiger charge is 2.24. The van der Waals surface area contributed by atoms with Gasteiger partial charge < -0.3 is 24.6 Å². The van der Waals surface area contributed by atoms with E-state index < -0.39 is 17.2 Å². The van der Waals surface area contributed by atoms with Gasteiger partial charge in [0.2, 0.25) is 5.43 Å². The number of hydrogen-bond acceptors (Lipinski definition) is 5. The van der Waals surface area contributed by atoms with Crippen molar-refractivity contribution in [1.82, 2.24) is 9.88 Å². The predicted molar refractivity (Wildman–Crippen MR) is 147 cm³/mol. The Hall–Kier alpha value is -2.45. The number of aryl methyl sites for hydroxylation is 1. The highest BCUT2D eigenvalue weighted by molar-refractivity contribution is 5.93. The minimum atomic E-state index is -1.30. The van der Waals surface area contributed by atoms with Gasteiger partial charge in [0.05, 0.1) is 17.8 Å². The molecule has 8 heteroatoms. The lowest BCUT2D eigenvalue weighted by Crippen LogP contribution is -2.53. The van der Waals surface area contributed by atoms with Crippen LogP contribution in [-0.4, -0.2) is 54.5 Å². The zero-order chi connectivity index (χ0) is 26.6. The van der Waals surface area contributed by atoms with Gasteiger partial charge in [0.1, 0.15) is 11.4 Å². The zero-order valence-electron chi connectivity index (χ0n) is 22.6. The van der Waals surface area contributed by atoms with Crippen LogP contribution >= 0.6 is 0 Å². The van der Waals surface area contributed by atoms with E-state index in [1.807, 2.05) is 11.8 Å². The van der Waals surface area contributed by atoms with Crippen molar-refractivity contribution in [3.63, 3.8) is 0 Å². The third kappa shape index (κ3) is 8.27. The maximum absolute atomic E-state index is 15.1. The summed E-state index contributed by atoms with van der Waals surface area (Å²) in [7, 11) is 0. The van der Waals surface area contributed by atoms with Gasteiger partial charge in [-0.05, 0) is 25.5 Å². The van der Waals surface area contributed by atoms with Crippen LogP contribution in [0.1, 0.15) is 88.4 Å². The van der Waals surface area contributed by atoms with Gasteiger partial charge in [-0.15, -0.1) is 0 Å². The molecule has 0 spiro atoms. The first kappa shape index (κ1) is 29.1. The van der Waals surface area contributed by atoms with Crippen molar-refractivity contribution in [1.29, 1.82) is 0 Å². The van der Waals surface area contributed by atoms with Gasteiger partial charge in [-0.3, -0.25) is 4.79 Å². The van der Waals surface area contributed by atoms with E-state index >= 15 is 4.39 Å². The molecular formula is C29H44FN3O4. The number of fused-ring (bicyclic) bond motifs is 1. The Balaban J connectivity index is 1.48. The van der Waals surface area contributed by atoms with E-state index in [4.69, 9.17) is 4.74 Å². The number of anilines is 1. The number of rotatable bonds is 16. The molecule has 2 aromatic rings. The number of ether oxygens (including phenoxy) is 1. The smallest absolute Gasteiger partial charge is 0.341 e. The van der Waals surface area contributed by atoms with E-state index in [1.54, 1.807) is 10.6 Å². The molecule has 1 saturated heterocycles. The number of aromatic nitrogens is 1. The molecule has 7 nitrogen and oxygen atoms in total. The molecule has 1 aromatic heterocycles. The van der Waals surface area contributed by atoms with Crippen molar-refractivity contribution in [2.24, 2.45) is 0 Å². The summed E-state index contributed by atoms with van der Waals surface area (Å²) in [6.07, 6.45) is 14.3. The number of benzene rings is 1. The molecule has 0 aliphatic carbocycles. The molecule has 1 fully saturated rings. The average Bonchev–Trinajstić information content (AvgIpc) is 2.89. The van der Waals surface area contributed by atoms with E-state index in [9.17, 15) is 14.7 Å². The number of unbranched alkanes of at least 4 members (excludes halogenated alkanes) is 9.